The van der Waals surface area contributed by atoms with Gasteiger partial charge in [-0.15, -0.1) is 5.10 Å². The molecule has 0 bridgehead atoms. The summed E-state index contributed by atoms with van der Waals surface area (Å²) < 4.78 is 7.68. The molecule has 152 valence electrons. The lowest BCUT2D eigenvalue weighted by atomic mass is 9.94. The summed E-state index contributed by atoms with van der Waals surface area (Å²) in [6, 6.07) is 1.52. The Balaban J connectivity index is 1.36. The molecule has 4 rings (SSSR count). The third-order valence-electron chi connectivity index (χ3n) is 6.11. The molecule has 2 aliphatic rings. The largest absolute Gasteiger partial charge is 0.432 e. The summed E-state index contributed by atoms with van der Waals surface area (Å²) >= 11 is 5.82. The highest BCUT2D eigenvalue weighted by molar-refractivity contribution is 7.80. The lowest BCUT2D eigenvalue weighted by molar-refractivity contribution is 0.316. The first-order valence-corrected chi connectivity index (χ1v) is 11.2. The molecule has 28 heavy (non-hydrogen) atoms. The fraction of sp³-hybridized carbons (Fsp3) is 0.750. The van der Waals surface area contributed by atoms with Crippen LogP contribution in [0.4, 0.5) is 6.01 Å². The second-order valence-electron chi connectivity index (χ2n) is 8.06. The predicted molar refractivity (Wildman–Crippen MR) is 111 cm³/mol. The van der Waals surface area contributed by atoms with E-state index in [-0.39, 0.29) is 0 Å². The Hall–Kier alpha value is -1.83. The van der Waals surface area contributed by atoms with E-state index in [1.54, 1.807) is 12.5 Å². The lowest BCUT2D eigenvalue weighted by Gasteiger charge is -2.33. The number of thiocarbonyl (C=S) groups is 1. The number of aromatic nitrogens is 5. The van der Waals surface area contributed by atoms with Gasteiger partial charge in [-0.1, -0.05) is 50.7 Å². The minimum absolute atomic E-state index is 0.410. The van der Waals surface area contributed by atoms with Crippen molar-refractivity contribution in [2.75, 3.05) is 4.90 Å². The maximum atomic E-state index is 5.82. The van der Waals surface area contributed by atoms with Crippen molar-refractivity contribution in [3.8, 4) is 0 Å². The summed E-state index contributed by atoms with van der Waals surface area (Å²) in [6.07, 6.45) is 18.3. The van der Waals surface area contributed by atoms with Crippen LogP contribution in [0.5, 0.6) is 0 Å². The molecule has 7 nitrogen and oxygen atoms in total. The third-order valence-corrected chi connectivity index (χ3v) is 6.51. The summed E-state index contributed by atoms with van der Waals surface area (Å²) in [6.45, 7) is 0. The smallest absolute Gasteiger partial charge is 0.302 e. The monoisotopic (exact) mass is 402 g/mol. The Morgan fingerprint density at radius 1 is 1.11 bits per heavy atom. The topological polar surface area (TPSA) is 72.9 Å². The highest BCUT2D eigenvalue weighted by Crippen LogP contribution is 2.29. The maximum Gasteiger partial charge on any atom is 0.302 e. The van der Waals surface area contributed by atoms with Crippen molar-refractivity contribution in [1.82, 2.24) is 25.2 Å². The first-order valence-electron chi connectivity index (χ1n) is 10.8. The van der Waals surface area contributed by atoms with Gasteiger partial charge in [0.05, 0.1) is 17.2 Å². The minimum atomic E-state index is 0.410. The summed E-state index contributed by atoms with van der Waals surface area (Å²) in [7, 11) is 0. The fourth-order valence-electron chi connectivity index (χ4n) is 4.64. The molecule has 0 spiro atoms. The average molecular weight is 403 g/mol. The van der Waals surface area contributed by atoms with Crippen LogP contribution in [-0.4, -0.2) is 36.2 Å². The van der Waals surface area contributed by atoms with Crippen LogP contribution < -0.4 is 4.90 Å². The molecule has 0 aliphatic heterocycles. The van der Waals surface area contributed by atoms with Crippen molar-refractivity contribution in [3.05, 3.63) is 18.3 Å². The van der Waals surface area contributed by atoms with Gasteiger partial charge < -0.3 is 4.42 Å². The summed E-state index contributed by atoms with van der Waals surface area (Å²) in [5, 5.41) is 12.5. The molecular formula is C20H30N6OS. The maximum absolute atomic E-state index is 5.82. The van der Waals surface area contributed by atoms with Crippen LogP contribution in [0.15, 0.2) is 16.9 Å². The van der Waals surface area contributed by atoms with Crippen molar-refractivity contribution < 1.29 is 4.42 Å². The van der Waals surface area contributed by atoms with E-state index >= 15 is 0 Å². The van der Waals surface area contributed by atoms with Gasteiger partial charge in [0.25, 0.3) is 0 Å². The summed E-state index contributed by atoms with van der Waals surface area (Å²) in [5.74, 6) is 0.995. The van der Waals surface area contributed by atoms with Crippen LogP contribution in [0, 0.1) is 0 Å². The van der Waals surface area contributed by atoms with E-state index in [0.29, 0.717) is 18.1 Å². The molecule has 2 fully saturated rings. The molecule has 0 aromatic carbocycles. The standard InChI is InChI=1S/C20H30N6OS/c28-19(25(20-21-14-15-27-20)16-8-3-1-4-9-16)13-7-12-18-22-23-24-26(18)17-10-5-2-6-11-17/h14-17H,1-13H2. The highest BCUT2D eigenvalue weighted by Gasteiger charge is 2.27. The van der Waals surface area contributed by atoms with Crippen LogP contribution in [0.3, 0.4) is 0 Å². The zero-order valence-electron chi connectivity index (χ0n) is 16.5. The number of anilines is 1. The molecular weight excluding hydrogens is 372 g/mol. The molecule has 2 aromatic rings. The van der Waals surface area contributed by atoms with Gasteiger partial charge in [-0.05, 0) is 49.0 Å². The van der Waals surface area contributed by atoms with Crippen LogP contribution in [0.1, 0.15) is 88.9 Å². The number of hydrogen-bond donors (Lipinski definition) is 0. The highest BCUT2D eigenvalue weighted by atomic mass is 32.1. The first-order chi connectivity index (χ1) is 13.8. The van der Waals surface area contributed by atoms with Crippen molar-refractivity contribution in [1.29, 1.82) is 0 Å². The number of aryl methyl sites for hydroxylation is 1. The van der Waals surface area contributed by atoms with Crippen molar-refractivity contribution in [3.63, 3.8) is 0 Å². The van der Waals surface area contributed by atoms with E-state index in [1.807, 2.05) is 0 Å². The molecule has 2 heterocycles. The molecule has 0 radical (unpaired) electrons. The molecule has 0 saturated heterocycles. The summed E-state index contributed by atoms with van der Waals surface area (Å²) in [5.41, 5.74) is 0. The zero-order valence-corrected chi connectivity index (χ0v) is 17.3. The number of rotatable bonds is 7. The molecule has 0 N–H and O–H groups in total. The number of tetrazole rings is 1. The Kier molecular flexibility index (Phi) is 6.67. The van der Waals surface area contributed by atoms with Crippen molar-refractivity contribution in [2.24, 2.45) is 0 Å². The molecule has 2 saturated carbocycles. The van der Waals surface area contributed by atoms with Gasteiger partial charge in [0.1, 0.15) is 6.26 Å². The second-order valence-corrected chi connectivity index (χ2v) is 8.53. The predicted octanol–water partition coefficient (Wildman–Crippen LogP) is 4.66. The zero-order chi connectivity index (χ0) is 19.2. The van der Waals surface area contributed by atoms with Gasteiger partial charge in [0.15, 0.2) is 5.82 Å². The molecule has 2 aromatic heterocycles. The van der Waals surface area contributed by atoms with Crippen molar-refractivity contribution in [2.45, 2.75) is 95.6 Å². The second kappa shape index (κ2) is 9.58. The van der Waals surface area contributed by atoms with Crippen LogP contribution >= 0.6 is 12.2 Å². The van der Waals surface area contributed by atoms with Gasteiger partial charge in [0.2, 0.25) is 0 Å². The molecule has 0 atom stereocenters. The quantitative estimate of drug-likeness (QED) is 0.624. The van der Waals surface area contributed by atoms with Gasteiger partial charge in [-0.3, -0.25) is 4.90 Å². The Bertz CT molecular complexity index is 734. The lowest BCUT2D eigenvalue weighted by Crippen LogP contribution is -2.41. The minimum Gasteiger partial charge on any atom is -0.432 e. The van der Waals surface area contributed by atoms with Crippen LogP contribution in [0.2, 0.25) is 0 Å². The van der Waals surface area contributed by atoms with E-state index in [9.17, 15) is 0 Å². The van der Waals surface area contributed by atoms with Crippen molar-refractivity contribution >= 4 is 23.2 Å². The van der Waals surface area contributed by atoms with E-state index in [2.05, 4.69) is 30.1 Å². The Morgan fingerprint density at radius 3 is 2.57 bits per heavy atom. The Labute approximate surface area is 171 Å². The van der Waals surface area contributed by atoms with Gasteiger partial charge in [0, 0.05) is 12.5 Å². The molecule has 0 unspecified atom stereocenters. The van der Waals surface area contributed by atoms with E-state index in [0.717, 1.165) is 42.9 Å². The van der Waals surface area contributed by atoms with Crippen LogP contribution in [0.25, 0.3) is 0 Å². The third kappa shape index (κ3) is 4.59. The number of hydrogen-bond acceptors (Lipinski definition) is 6. The van der Waals surface area contributed by atoms with Gasteiger partial charge in [-0.2, -0.15) is 0 Å². The fourth-order valence-corrected chi connectivity index (χ4v) is 5.02. The van der Waals surface area contributed by atoms with E-state index in [1.165, 1.54) is 51.4 Å². The van der Waals surface area contributed by atoms with Crippen LogP contribution in [-0.2, 0) is 6.42 Å². The molecule has 2 aliphatic carbocycles. The summed E-state index contributed by atoms with van der Waals surface area (Å²) in [4.78, 5) is 7.47. The Morgan fingerprint density at radius 2 is 1.86 bits per heavy atom. The average Bonchev–Trinajstić information content (AvgIpc) is 3.42. The van der Waals surface area contributed by atoms with Gasteiger partial charge in [-0.25, -0.2) is 9.67 Å². The normalized spacial score (nSPS) is 19.0. The number of oxazole rings is 1. The van der Waals surface area contributed by atoms with Gasteiger partial charge >= 0.3 is 6.01 Å². The molecule has 0 amide bonds. The first kappa shape index (κ1) is 19.5. The van der Waals surface area contributed by atoms with E-state index in [4.69, 9.17) is 16.6 Å². The SMILES string of the molecule is S=C(CCCc1nnnn1C1CCCCC1)N(c1ncco1)C1CCCCC1. The number of nitrogens with zero attached hydrogens (tertiary/aromatic N) is 6. The van der Waals surface area contributed by atoms with E-state index < -0.39 is 0 Å². The molecule has 8 heteroatoms.